The molecular formula is C25H27NO. The van der Waals surface area contributed by atoms with E-state index in [0.29, 0.717) is 0 Å². The topological polar surface area (TPSA) is 12.5 Å². The molecule has 0 amide bonds. The Labute approximate surface area is 162 Å². The summed E-state index contributed by atoms with van der Waals surface area (Å²) >= 11 is 0. The standard InChI is InChI=1S/C25H27NO/c1-19(9-8-12-20-10-4-3-5-11-20)27-22-15-16-24-23-14-7-6-13-21(23)18-26(2)25(24)17-22/h3-7,10-11,13-17,19H,8-9,12,18H2,1-2H3. The maximum atomic E-state index is 6.23. The van der Waals surface area contributed by atoms with Crippen LogP contribution in [-0.4, -0.2) is 13.2 Å². The van der Waals surface area contributed by atoms with Crippen molar-refractivity contribution in [1.82, 2.24) is 0 Å². The largest absolute Gasteiger partial charge is 0.491 e. The van der Waals surface area contributed by atoms with Gasteiger partial charge in [0.15, 0.2) is 0 Å². The average Bonchev–Trinajstić information content (AvgIpc) is 2.69. The van der Waals surface area contributed by atoms with Crippen molar-refractivity contribution >= 4 is 5.69 Å². The lowest BCUT2D eigenvalue weighted by Crippen LogP contribution is -2.21. The van der Waals surface area contributed by atoms with E-state index in [1.165, 1.54) is 27.9 Å². The van der Waals surface area contributed by atoms with Crippen LogP contribution < -0.4 is 9.64 Å². The lowest BCUT2D eigenvalue weighted by atomic mass is 9.93. The second-order valence-corrected chi connectivity index (χ2v) is 7.50. The number of rotatable bonds is 6. The Balaban J connectivity index is 1.41. The van der Waals surface area contributed by atoms with Gasteiger partial charge in [-0.25, -0.2) is 0 Å². The summed E-state index contributed by atoms with van der Waals surface area (Å²) in [7, 11) is 2.15. The van der Waals surface area contributed by atoms with E-state index in [-0.39, 0.29) is 6.10 Å². The number of benzene rings is 3. The summed E-state index contributed by atoms with van der Waals surface area (Å²) in [4.78, 5) is 2.31. The fourth-order valence-electron chi connectivity index (χ4n) is 3.92. The summed E-state index contributed by atoms with van der Waals surface area (Å²) in [6, 6.07) is 25.9. The number of ether oxygens (including phenoxy) is 1. The van der Waals surface area contributed by atoms with Crippen molar-refractivity contribution in [2.75, 3.05) is 11.9 Å². The minimum absolute atomic E-state index is 0.216. The molecule has 0 radical (unpaired) electrons. The smallest absolute Gasteiger partial charge is 0.121 e. The Morgan fingerprint density at radius 2 is 1.70 bits per heavy atom. The molecule has 0 saturated heterocycles. The fourth-order valence-corrected chi connectivity index (χ4v) is 3.92. The highest BCUT2D eigenvalue weighted by molar-refractivity contribution is 5.84. The first-order chi connectivity index (χ1) is 13.2. The third kappa shape index (κ3) is 4.00. The number of hydrogen-bond acceptors (Lipinski definition) is 2. The van der Waals surface area contributed by atoms with E-state index in [2.05, 4.69) is 91.7 Å². The predicted molar refractivity (Wildman–Crippen MR) is 113 cm³/mol. The Morgan fingerprint density at radius 1 is 0.926 bits per heavy atom. The van der Waals surface area contributed by atoms with Gasteiger partial charge in [0.25, 0.3) is 0 Å². The second-order valence-electron chi connectivity index (χ2n) is 7.50. The Hall–Kier alpha value is -2.74. The first-order valence-electron chi connectivity index (χ1n) is 9.85. The van der Waals surface area contributed by atoms with Crippen LogP contribution in [0.4, 0.5) is 5.69 Å². The van der Waals surface area contributed by atoms with Crippen LogP contribution in [-0.2, 0) is 13.0 Å². The van der Waals surface area contributed by atoms with Crippen LogP contribution in [0.15, 0.2) is 72.8 Å². The molecule has 0 aromatic heterocycles. The van der Waals surface area contributed by atoms with E-state index < -0.39 is 0 Å². The van der Waals surface area contributed by atoms with Crippen LogP contribution >= 0.6 is 0 Å². The van der Waals surface area contributed by atoms with Crippen LogP contribution in [0.5, 0.6) is 5.75 Å². The number of fused-ring (bicyclic) bond motifs is 3. The van der Waals surface area contributed by atoms with E-state index in [9.17, 15) is 0 Å². The monoisotopic (exact) mass is 357 g/mol. The number of nitrogens with zero attached hydrogens (tertiary/aromatic N) is 1. The highest BCUT2D eigenvalue weighted by Gasteiger charge is 2.20. The molecule has 1 aliphatic heterocycles. The molecule has 0 bridgehead atoms. The van der Waals surface area contributed by atoms with Gasteiger partial charge < -0.3 is 9.64 Å². The Kier molecular flexibility index (Phi) is 5.15. The van der Waals surface area contributed by atoms with Crippen LogP contribution in [0.2, 0.25) is 0 Å². The SMILES string of the molecule is CC(CCCc1ccccc1)Oc1ccc2c(c1)N(C)Cc1ccccc1-2. The van der Waals surface area contributed by atoms with Crippen LogP contribution in [0, 0.1) is 0 Å². The van der Waals surface area contributed by atoms with E-state index in [1.807, 2.05) is 0 Å². The van der Waals surface area contributed by atoms with E-state index in [0.717, 1.165) is 31.6 Å². The summed E-state index contributed by atoms with van der Waals surface area (Å²) in [6.07, 6.45) is 3.53. The molecule has 4 rings (SSSR count). The molecule has 0 saturated carbocycles. The summed E-state index contributed by atoms with van der Waals surface area (Å²) in [6.45, 7) is 3.11. The molecule has 0 spiro atoms. The van der Waals surface area contributed by atoms with Crippen molar-refractivity contribution in [3.8, 4) is 16.9 Å². The molecule has 1 unspecified atom stereocenters. The molecule has 2 heteroatoms. The lowest BCUT2D eigenvalue weighted by molar-refractivity contribution is 0.208. The highest BCUT2D eigenvalue weighted by Crippen LogP contribution is 2.40. The first kappa shape index (κ1) is 17.7. The molecule has 27 heavy (non-hydrogen) atoms. The Morgan fingerprint density at radius 3 is 2.56 bits per heavy atom. The zero-order valence-corrected chi connectivity index (χ0v) is 16.2. The second kappa shape index (κ2) is 7.87. The zero-order valence-electron chi connectivity index (χ0n) is 16.2. The third-order valence-corrected chi connectivity index (χ3v) is 5.35. The molecule has 1 heterocycles. The summed E-state index contributed by atoms with van der Waals surface area (Å²) in [5, 5.41) is 0. The van der Waals surface area contributed by atoms with E-state index in [4.69, 9.17) is 4.74 Å². The van der Waals surface area contributed by atoms with Crippen molar-refractivity contribution in [1.29, 1.82) is 0 Å². The quantitative estimate of drug-likeness (QED) is 0.529. The Bertz CT molecular complexity index is 903. The van der Waals surface area contributed by atoms with Gasteiger partial charge in [0, 0.05) is 30.9 Å². The highest BCUT2D eigenvalue weighted by atomic mass is 16.5. The maximum Gasteiger partial charge on any atom is 0.121 e. The van der Waals surface area contributed by atoms with Gasteiger partial charge in [0.1, 0.15) is 5.75 Å². The number of aryl methyl sites for hydroxylation is 1. The van der Waals surface area contributed by atoms with Crippen LogP contribution in [0.3, 0.4) is 0 Å². The molecule has 0 N–H and O–H groups in total. The molecule has 3 aromatic carbocycles. The first-order valence-corrected chi connectivity index (χ1v) is 9.85. The van der Waals surface area contributed by atoms with Crippen LogP contribution in [0.25, 0.3) is 11.1 Å². The predicted octanol–water partition coefficient (Wildman–Crippen LogP) is 6.09. The normalized spacial score (nSPS) is 13.6. The molecule has 3 aromatic rings. The van der Waals surface area contributed by atoms with Gasteiger partial charge in [-0.1, -0.05) is 54.6 Å². The van der Waals surface area contributed by atoms with Crippen molar-refractivity contribution in [3.05, 3.63) is 83.9 Å². The van der Waals surface area contributed by atoms with Crippen molar-refractivity contribution in [2.45, 2.75) is 38.8 Å². The molecule has 1 atom stereocenters. The van der Waals surface area contributed by atoms with E-state index in [1.54, 1.807) is 0 Å². The van der Waals surface area contributed by atoms with Crippen LogP contribution in [0.1, 0.15) is 30.9 Å². The van der Waals surface area contributed by atoms with Gasteiger partial charge in [0.2, 0.25) is 0 Å². The van der Waals surface area contributed by atoms with Gasteiger partial charge in [-0.05, 0) is 55.0 Å². The molecule has 2 nitrogen and oxygen atoms in total. The summed E-state index contributed by atoms with van der Waals surface area (Å²) in [5.74, 6) is 0.965. The molecular weight excluding hydrogens is 330 g/mol. The average molecular weight is 357 g/mol. The molecule has 0 fully saturated rings. The zero-order chi connectivity index (χ0) is 18.6. The molecule has 138 valence electrons. The van der Waals surface area contributed by atoms with Gasteiger partial charge >= 0.3 is 0 Å². The lowest BCUT2D eigenvalue weighted by Gasteiger charge is -2.30. The van der Waals surface area contributed by atoms with Gasteiger partial charge in [0.05, 0.1) is 6.10 Å². The van der Waals surface area contributed by atoms with Crippen molar-refractivity contribution in [2.24, 2.45) is 0 Å². The van der Waals surface area contributed by atoms with E-state index >= 15 is 0 Å². The number of anilines is 1. The minimum Gasteiger partial charge on any atom is -0.491 e. The molecule has 0 aliphatic carbocycles. The third-order valence-electron chi connectivity index (χ3n) is 5.35. The van der Waals surface area contributed by atoms with Crippen molar-refractivity contribution in [3.63, 3.8) is 0 Å². The fraction of sp³-hybridized carbons (Fsp3) is 0.280. The summed E-state index contributed by atoms with van der Waals surface area (Å²) in [5.41, 5.74) is 6.67. The number of hydrogen-bond donors (Lipinski definition) is 0. The maximum absolute atomic E-state index is 6.23. The van der Waals surface area contributed by atoms with Gasteiger partial charge in [-0.2, -0.15) is 0 Å². The van der Waals surface area contributed by atoms with Crippen molar-refractivity contribution < 1.29 is 4.74 Å². The molecule has 1 aliphatic rings. The van der Waals surface area contributed by atoms with Gasteiger partial charge in [-0.3, -0.25) is 0 Å². The summed E-state index contributed by atoms with van der Waals surface area (Å²) < 4.78 is 6.23. The van der Waals surface area contributed by atoms with Gasteiger partial charge in [-0.15, -0.1) is 0 Å². The minimum atomic E-state index is 0.216.